The van der Waals surface area contributed by atoms with Crippen LogP contribution in [-0.4, -0.2) is 17.4 Å². The molecule has 0 aromatic heterocycles. The van der Waals surface area contributed by atoms with Gasteiger partial charge in [0, 0.05) is 18.7 Å². The van der Waals surface area contributed by atoms with Crippen LogP contribution in [0.2, 0.25) is 0 Å². The van der Waals surface area contributed by atoms with Crippen molar-refractivity contribution >= 4 is 5.91 Å². The second kappa shape index (κ2) is 4.30. The Bertz CT molecular complexity index is 480. The Labute approximate surface area is 103 Å². The van der Waals surface area contributed by atoms with Crippen LogP contribution in [0.15, 0.2) is 18.2 Å². The van der Waals surface area contributed by atoms with Crippen LogP contribution in [0.1, 0.15) is 35.3 Å². The first-order valence-corrected chi connectivity index (χ1v) is 5.78. The molecule has 1 aromatic rings. The summed E-state index contributed by atoms with van der Waals surface area (Å²) in [6, 6.07) is 3.39. The van der Waals surface area contributed by atoms with Crippen molar-refractivity contribution in [2.75, 3.05) is 6.54 Å². The molecule has 2 rings (SSSR count). The quantitative estimate of drug-likeness (QED) is 0.796. The lowest BCUT2D eigenvalue weighted by Crippen LogP contribution is -2.27. The average molecular weight is 257 g/mol. The third-order valence-corrected chi connectivity index (χ3v) is 2.90. The minimum absolute atomic E-state index is 0.186. The summed E-state index contributed by atoms with van der Waals surface area (Å²) in [5, 5.41) is 0. The highest BCUT2D eigenvalue weighted by Gasteiger charge is 2.34. The Morgan fingerprint density at radius 3 is 2.56 bits per heavy atom. The molecule has 0 spiro atoms. The molecule has 0 bridgehead atoms. The van der Waals surface area contributed by atoms with Gasteiger partial charge in [-0.1, -0.05) is 19.9 Å². The molecule has 1 aliphatic rings. The third-order valence-electron chi connectivity index (χ3n) is 2.90. The van der Waals surface area contributed by atoms with Gasteiger partial charge in [0.2, 0.25) is 0 Å². The molecule has 1 heterocycles. The van der Waals surface area contributed by atoms with E-state index in [0.29, 0.717) is 24.6 Å². The number of nitrogens with zero attached hydrogens (tertiary/aromatic N) is 1. The summed E-state index contributed by atoms with van der Waals surface area (Å²) in [5.41, 5.74) is 0.0973. The van der Waals surface area contributed by atoms with E-state index >= 15 is 0 Å². The molecule has 0 saturated heterocycles. The first-order valence-electron chi connectivity index (χ1n) is 5.78. The number of carbonyl (C=O) groups is 1. The van der Waals surface area contributed by atoms with Gasteiger partial charge in [-0.05, 0) is 23.6 Å². The van der Waals surface area contributed by atoms with E-state index in [9.17, 15) is 18.0 Å². The Morgan fingerprint density at radius 1 is 1.33 bits per heavy atom. The van der Waals surface area contributed by atoms with Gasteiger partial charge >= 0.3 is 6.18 Å². The zero-order valence-electron chi connectivity index (χ0n) is 10.2. The molecule has 0 N–H and O–H groups in total. The molecule has 2 nitrogen and oxygen atoms in total. The average Bonchev–Trinajstić information content (AvgIpc) is 2.53. The largest absolute Gasteiger partial charge is 0.416 e. The third kappa shape index (κ3) is 2.35. The van der Waals surface area contributed by atoms with Crippen molar-refractivity contribution in [3.63, 3.8) is 0 Å². The maximum absolute atomic E-state index is 12.6. The molecule has 1 amide bonds. The van der Waals surface area contributed by atoms with Gasteiger partial charge in [-0.15, -0.1) is 0 Å². The summed E-state index contributed by atoms with van der Waals surface area (Å²) >= 11 is 0. The minimum Gasteiger partial charge on any atom is -0.334 e. The summed E-state index contributed by atoms with van der Waals surface area (Å²) in [6.07, 6.45) is -4.40. The highest BCUT2D eigenvalue weighted by molar-refractivity contribution is 5.98. The van der Waals surface area contributed by atoms with E-state index in [-0.39, 0.29) is 11.5 Å². The number of hydrogen-bond donors (Lipinski definition) is 0. The number of amides is 1. The van der Waals surface area contributed by atoms with E-state index in [0.717, 1.165) is 12.1 Å². The van der Waals surface area contributed by atoms with Crippen LogP contribution in [-0.2, 0) is 12.7 Å². The predicted octanol–water partition coefficient (Wildman–Crippen LogP) is 3.32. The molecule has 1 aliphatic heterocycles. The Kier molecular flexibility index (Phi) is 3.09. The summed E-state index contributed by atoms with van der Waals surface area (Å²) in [6.45, 7) is 4.91. The molecule has 1 aromatic carbocycles. The van der Waals surface area contributed by atoms with Crippen molar-refractivity contribution in [3.8, 4) is 0 Å². The van der Waals surface area contributed by atoms with E-state index in [1.54, 1.807) is 4.90 Å². The van der Waals surface area contributed by atoms with Gasteiger partial charge in [0.05, 0.1) is 5.56 Å². The van der Waals surface area contributed by atoms with Gasteiger partial charge in [-0.2, -0.15) is 13.2 Å². The summed E-state index contributed by atoms with van der Waals surface area (Å²) in [4.78, 5) is 13.6. The lowest BCUT2D eigenvalue weighted by atomic mass is 10.1. The molecule has 0 atom stereocenters. The smallest absolute Gasteiger partial charge is 0.334 e. The molecule has 0 saturated carbocycles. The van der Waals surface area contributed by atoms with Crippen molar-refractivity contribution in [1.29, 1.82) is 0 Å². The molecule has 0 radical (unpaired) electrons. The number of halogens is 3. The van der Waals surface area contributed by atoms with Crippen LogP contribution < -0.4 is 0 Å². The monoisotopic (exact) mass is 257 g/mol. The number of alkyl halides is 3. The predicted molar refractivity (Wildman–Crippen MR) is 61.0 cm³/mol. The fourth-order valence-electron chi connectivity index (χ4n) is 2.13. The number of benzene rings is 1. The zero-order valence-corrected chi connectivity index (χ0v) is 10.2. The second-order valence-electron chi connectivity index (χ2n) is 4.95. The van der Waals surface area contributed by atoms with Gasteiger partial charge in [0.15, 0.2) is 0 Å². The highest BCUT2D eigenvalue weighted by Crippen LogP contribution is 2.33. The summed E-state index contributed by atoms with van der Waals surface area (Å²) in [5.74, 6) is -0.00449. The van der Waals surface area contributed by atoms with Crippen LogP contribution in [0, 0.1) is 5.92 Å². The van der Waals surface area contributed by atoms with E-state index in [4.69, 9.17) is 0 Å². The fourth-order valence-corrected chi connectivity index (χ4v) is 2.13. The molecule has 18 heavy (non-hydrogen) atoms. The summed E-state index contributed by atoms with van der Waals surface area (Å²) < 4.78 is 37.7. The van der Waals surface area contributed by atoms with Gasteiger partial charge in [-0.25, -0.2) is 0 Å². The topological polar surface area (TPSA) is 20.3 Å². The molecule has 0 aliphatic carbocycles. The van der Waals surface area contributed by atoms with Crippen LogP contribution >= 0.6 is 0 Å². The standard InChI is InChI=1S/C13H14F3NO/c1-8(2)6-17-7-9-3-4-10(13(14,15)16)5-11(9)12(17)18/h3-5,8H,6-7H2,1-2H3. The SMILES string of the molecule is CC(C)CN1Cc2ccc(C(F)(F)F)cc2C1=O. The molecule has 0 unspecified atom stereocenters. The van der Waals surface area contributed by atoms with E-state index < -0.39 is 11.7 Å². The second-order valence-corrected chi connectivity index (χ2v) is 4.95. The highest BCUT2D eigenvalue weighted by atomic mass is 19.4. The fraction of sp³-hybridized carbons (Fsp3) is 0.462. The number of hydrogen-bond acceptors (Lipinski definition) is 1. The van der Waals surface area contributed by atoms with Crippen molar-refractivity contribution in [2.45, 2.75) is 26.6 Å². The van der Waals surface area contributed by atoms with E-state index in [1.807, 2.05) is 13.8 Å². The van der Waals surface area contributed by atoms with Gasteiger partial charge in [0.25, 0.3) is 5.91 Å². The van der Waals surface area contributed by atoms with Gasteiger partial charge < -0.3 is 4.90 Å². The molecule has 5 heteroatoms. The first kappa shape index (κ1) is 12.9. The normalized spacial score (nSPS) is 15.4. The van der Waals surface area contributed by atoms with Crippen molar-refractivity contribution in [2.24, 2.45) is 5.92 Å². The maximum atomic E-state index is 12.6. The lowest BCUT2D eigenvalue weighted by Gasteiger charge is -2.17. The van der Waals surface area contributed by atoms with Crippen molar-refractivity contribution in [1.82, 2.24) is 4.90 Å². The number of carbonyl (C=O) groups excluding carboxylic acids is 1. The lowest BCUT2D eigenvalue weighted by molar-refractivity contribution is -0.137. The van der Waals surface area contributed by atoms with Gasteiger partial charge in [-0.3, -0.25) is 4.79 Å². The van der Waals surface area contributed by atoms with Crippen molar-refractivity contribution < 1.29 is 18.0 Å². The molecule has 0 fully saturated rings. The number of fused-ring (bicyclic) bond motifs is 1. The number of rotatable bonds is 2. The minimum atomic E-state index is -4.40. The summed E-state index contributed by atoms with van der Waals surface area (Å²) in [7, 11) is 0. The van der Waals surface area contributed by atoms with Crippen LogP contribution in [0.4, 0.5) is 13.2 Å². The Hall–Kier alpha value is -1.52. The van der Waals surface area contributed by atoms with Gasteiger partial charge in [0.1, 0.15) is 0 Å². The Balaban J connectivity index is 2.30. The molecular weight excluding hydrogens is 243 g/mol. The van der Waals surface area contributed by atoms with Crippen LogP contribution in [0.5, 0.6) is 0 Å². The van der Waals surface area contributed by atoms with E-state index in [2.05, 4.69) is 0 Å². The zero-order chi connectivity index (χ0) is 13.5. The first-order chi connectivity index (χ1) is 8.29. The van der Waals surface area contributed by atoms with Crippen molar-refractivity contribution in [3.05, 3.63) is 34.9 Å². The maximum Gasteiger partial charge on any atom is 0.416 e. The van der Waals surface area contributed by atoms with Crippen LogP contribution in [0.25, 0.3) is 0 Å². The molecular formula is C13H14F3NO. The Morgan fingerprint density at radius 2 is 2.00 bits per heavy atom. The van der Waals surface area contributed by atoms with Crippen LogP contribution in [0.3, 0.4) is 0 Å². The van der Waals surface area contributed by atoms with E-state index in [1.165, 1.54) is 6.07 Å². The molecule has 98 valence electrons.